The molecular weight excluding hydrogens is 338 g/mol. The highest BCUT2D eigenvalue weighted by molar-refractivity contribution is 7.91. The van der Waals surface area contributed by atoms with Crippen molar-refractivity contribution in [2.45, 2.75) is 31.8 Å². The third-order valence-electron chi connectivity index (χ3n) is 5.08. The van der Waals surface area contributed by atoms with E-state index in [9.17, 15) is 8.42 Å². The molecule has 0 aliphatic carbocycles. The minimum Gasteiger partial charge on any atom is -0.354 e. The van der Waals surface area contributed by atoms with Crippen LogP contribution in [-0.2, 0) is 16.3 Å². The lowest BCUT2D eigenvalue weighted by Gasteiger charge is -2.26. The Morgan fingerprint density at radius 3 is 2.84 bits per heavy atom. The summed E-state index contributed by atoms with van der Waals surface area (Å²) in [7, 11) is -1.06. The van der Waals surface area contributed by atoms with Gasteiger partial charge in [-0.05, 0) is 31.4 Å². The summed E-state index contributed by atoms with van der Waals surface area (Å²) < 4.78 is 23.5. The minimum atomic E-state index is -2.94. The highest BCUT2D eigenvalue weighted by Crippen LogP contribution is 2.36. The fourth-order valence-corrected chi connectivity index (χ4v) is 5.47. The lowest BCUT2D eigenvalue weighted by Crippen LogP contribution is -2.34. The number of hydrogen-bond acceptors (Lipinski definition) is 7. The normalized spacial score (nSPS) is 24.3. The summed E-state index contributed by atoms with van der Waals surface area (Å²) in [5.74, 6) is 1.63. The van der Waals surface area contributed by atoms with E-state index in [2.05, 4.69) is 39.1 Å². The molecular formula is C17H21N5O2S. The maximum atomic E-state index is 11.7. The van der Waals surface area contributed by atoms with E-state index >= 15 is 0 Å². The number of rotatable bonds is 3. The first kappa shape index (κ1) is 16.3. The van der Waals surface area contributed by atoms with E-state index < -0.39 is 9.84 Å². The van der Waals surface area contributed by atoms with Crippen LogP contribution in [0.3, 0.4) is 0 Å². The number of benzene rings is 1. The van der Waals surface area contributed by atoms with Crippen LogP contribution in [-0.4, -0.2) is 54.2 Å². The van der Waals surface area contributed by atoms with Gasteiger partial charge in [-0.3, -0.25) is 0 Å². The van der Waals surface area contributed by atoms with E-state index in [4.69, 9.17) is 0 Å². The van der Waals surface area contributed by atoms with Gasteiger partial charge in [0.15, 0.2) is 15.7 Å². The van der Waals surface area contributed by atoms with Crippen molar-refractivity contribution in [1.82, 2.24) is 15.2 Å². The topological polar surface area (TPSA) is 79.3 Å². The third kappa shape index (κ3) is 2.95. The van der Waals surface area contributed by atoms with E-state index in [1.54, 1.807) is 6.20 Å². The monoisotopic (exact) mass is 359 g/mol. The summed E-state index contributed by atoms with van der Waals surface area (Å²) in [6.45, 7) is 2.14. The Bertz CT molecular complexity index is 901. The van der Waals surface area contributed by atoms with Crippen molar-refractivity contribution in [3.63, 3.8) is 0 Å². The molecule has 1 saturated heterocycles. The first-order valence-electron chi connectivity index (χ1n) is 8.45. The van der Waals surface area contributed by atoms with Crippen molar-refractivity contribution in [3.05, 3.63) is 36.0 Å². The molecule has 0 radical (unpaired) electrons. The van der Waals surface area contributed by atoms with Crippen molar-refractivity contribution < 1.29 is 8.42 Å². The van der Waals surface area contributed by atoms with Crippen LogP contribution in [0.2, 0.25) is 0 Å². The summed E-state index contributed by atoms with van der Waals surface area (Å²) in [5, 5.41) is 8.35. The summed E-state index contributed by atoms with van der Waals surface area (Å²) in [4.78, 5) is 8.69. The average Bonchev–Trinajstić information content (AvgIpc) is 3.12. The lowest BCUT2D eigenvalue weighted by molar-refractivity contribution is 0.600. The van der Waals surface area contributed by atoms with Gasteiger partial charge in [-0.25, -0.2) is 8.42 Å². The van der Waals surface area contributed by atoms with E-state index in [1.807, 2.05) is 24.1 Å². The van der Waals surface area contributed by atoms with Crippen LogP contribution in [0.25, 0.3) is 0 Å². The number of anilines is 3. The van der Waals surface area contributed by atoms with E-state index in [0.717, 1.165) is 12.1 Å². The minimum absolute atomic E-state index is 0.0576. The molecule has 2 aliphatic heterocycles. The second-order valence-electron chi connectivity index (χ2n) is 6.83. The van der Waals surface area contributed by atoms with Gasteiger partial charge in [0.05, 0.1) is 17.7 Å². The summed E-state index contributed by atoms with van der Waals surface area (Å²) in [6, 6.07) is 8.44. The molecule has 132 valence electrons. The van der Waals surface area contributed by atoms with Gasteiger partial charge in [0, 0.05) is 24.8 Å². The number of nitrogens with zero attached hydrogens (tertiary/aromatic N) is 5. The van der Waals surface area contributed by atoms with E-state index in [1.165, 1.54) is 5.56 Å². The number of fused-ring (bicyclic) bond motifs is 1. The quantitative estimate of drug-likeness (QED) is 0.823. The van der Waals surface area contributed by atoms with Crippen molar-refractivity contribution in [2.24, 2.45) is 0 Å². The Morgan fingerprint density at radius 2 is 2.08 bits per heavy atom. The Balaban J connectivity index is 1.64. The van der Waals surface area contributed by atoms with Gasteiger partial charge in [-0.2, -0.15) is 10.1 Å². The predicted octanol–water partition coefficient (Wildman–Crippen LogP) is 1.58. The molecule has 7 nitrogen and oxygen atoms in total. The molecule has 0 spiro atoms. The highest BCUT2D eigenvalue weighted by Gasteiger charge is 2.33. The van der Waals surface area contributed by atoms with Gasteiger partial charge in [-0.15, -0.1) is 5.10 Å². The number of sulfone groups is 1. The zero-order valence-corrected chi connectivity index (χ0v) is 15.1. The first-order valence-corrected chi connectivity index (χ1v) is 10.3. The van der Waals surface area contributed by atoms with Crippen molar-refractivity contribution in [3.8, 4) is 0 Å². The Kier molecular flexibility index (Phi) is 3.87. The summed E-state index contributed by atoms with van der Waals surface area (Å²) in [5.41, 5.74) is 2.39. The van der Waals surface area contributed by atoms with E-state index in [-0.39, 0.29) is 23.6 Å². The van der Waals surface area contributed by atoms with Gasteiger partial charge >= 0.3 is 0 Å². The highest BCUT2D eigenvalue weighted by atomic mass is 32.2. The van der Waals surface area contributed by atoms with Gasteiger partial charge in [0.2, 0.25) is 0 Å². The SMILES string of the molecule is CC1Cc2ccccc2N1c1nncc(N(C)C2CCS(=O)(=O)C2)n1. The molecule has 2 atom stereocenters. The average molecular weight is 359 g/mol. The fourth-order valence-electron chi connectivity index (χ4n) is 3.70. The van der Waals surface area contributed by atoms with E-state index in [0.29, 0.717) is 18.2 Å². The summed E-state index contributed by atoms with van der Waals surface area (Å²) >= 11 is 0. The van der Waals surface area contributed by atoms with Crippen LogP contribution < -0.4 is 9.80 Å². The van der Waals surface area contributed by atoms with Gasteiger partial charge in [0.1, 0.15) is 0 Å². The molecule has 2 aromatic rings. The molecule has 3 heterocycles. The van der Waals surface area contributed by atoms with Crippen LogP contribution in [0, 0.1) is 0 Å². The smallest absolute Gasteiger partial charge is 0.252 e. The van der Waals surface area contributed by atoms with Crippen molar-refractivity contribution >= 4 is 27.3 Å². The third-order valence-corrected chi connectivity index (χ3v) is 6.83. The first-order chi connectivity index (χ1) is 11.9. The Labute approximate surface area is 147 Å². The van der Waals surface area contributed by atoms with Crippen LogP contribution in [0.15, 0.2) is 30.5 Å². The zero-order valence-electron chi connectivity index (χ0n) is 14.3. The molecule has 1 aromatic carbocycles. The van der Waals surface area contributed by atoms with Crippen molar-refractivity contribution in [1.29, 1.82) is 0 Å². The zero-order chi connectivity index (χ0) is 17.6. The Hall–Kier alpha value is -2.22. The number of aromatic nitrogens is 3. The number of para-hydroxylation sites is 1. The molecule has 1 fully saturated rings. The molecule has 25 heavy (non-hydrogen) atoms. The van der Waals surface area contributed by atoms with Crippen LogP contribution in [0.1, 0.15) is 18.9 Å². The fraction of sp³-hybridized carbons (Fsp3) is 0.471. The van der Waals surface area contributed by atoms with Crippen molar-refractivity contribution in [2.75, 3.05) is 28.4 Å². The molecule has 0 N–H and O–H groups in total. The molecule has 2 unspecified atom stereocenters. The van der Waals surface area contributed by atoms with Gasteiger partial charge in [-0.1, -0.05) is 18.2 Å². The molecule has 1 aromatic heterocycles. The maximum Gasteiger partial charge on any atom is 0.252 e. The second kappa shape index (κ2) is 5.94. The molecule has 8 heteroatoms. The van der Waals surface area contributed by atoms with Crippen LogP contribution in [0.5, 0.6) is 0 Å². The molecule has 2 aliphatic rings. The molecule has 0 saturated carbocycles. The maximum absolute atomic E-state index is 11.7. The Morgan fingerprint density at radius 1 is 1.28 bits per heavy atom. The lowest BCUT2D eigenvalue weighted by atomic mass is 10.1. The van der Waals surface area contributed by atoms with Crippen LogP contribution >= 0.6 is 0 Å². The summed E-state index contributed by atoms with van der Waals surface area (Å²) in [6.07, 6.45) is 3.17. The van der Waals surface area contributed by atoms with Gasteiger partial charge in [0.25, 0.3) is 5.95 Å². The van der Waals surface area contributed by atoms with Gasteiger partial charge < -0.3 is 9.80 Å². The molecule has 4 rings (SSSR count). The van der Waals surface area contributed by atoms with Crippen LogP contribution in [0.4, 0.5) is 17.5 Å². The largest absolute Gasteiger partial charge is 0.354 e. The standard InChI is InChI=1S/C17H21N5O2S/c1-12-9-13-5-3-4-6-15(13)22(12)17-19-16(10-18-20-17)21(2)14-7-8-25(23,24)11-14/h3-6,10,12,14H,7-9,11H2,1-2H3. The molecule has 0 bridgehead atoms. The molecule has 0 amide bonds. The predicted molar refractivity (Wildman–Crippen MR) is 97.0 cm³/mol. The second-order valence-corrected chi connectivity index (χ2v) is 9.06. The number of hydrogen-bond donors (Lipinski definition) is 0.